The summed E-state index contributed by atoms with van der Waals surface area (Å²) in [7, 11) is 0. The van der Waals surface area contributed by atoms with Crippen molar-refractivity contribution in [3.63, 3.8) is 0 Å². The molecule has 1 heterocycles. The Morgan fingerprint density at radius 1 is 1.50 bits per heavy atom. The van der Waals surface area contributed by atoms with E-state index in [2.05, 4.69) is 20.8 Å². The molecule has 1 saturated heterocycles. The summed E-state index contributed by atoms with van der Waals surface area (Å²) in [5.74, 6) is 0.486. The molecule has 0 spiro atoms. The quantitative estimate of drug-likeness (QED) is 0.770. The topological polar surface area (TPSA) is 3.24 Å². The lowest BCUT2D eigenvalue weighted by atomic mass is 10.2. The highest BCUT2D eigenvalue weighted by atomic mass is 79.9. The molecule has 88 valence electrons. The predicted octanol–water partition coefficient (Wildman–Crippen LogP) is 3.70. The van der Waals surface area contributed by atoms with Crippen LogP contribution in [0.25, 0.3) is 0 Å². The fourth-order valence-corrected chi connectivity index (χ4v) is 2.84. The SMILES string of the molecule is Fc1cccc(Cl)c1CN1CCC(CBr)C1. The van der Waals surface area contributed by atoms with Crippen molar-refractivity contribution in [3.8, 4) is 0 Å². The number of hydrogen-bond donors (Lipinski definition) is 0. The first-order valence-electron chi connectivity index (χ1n) is 5.42. The highest BCUT2D eigenvalue weighted by molar-refractivity contribution is 9.09. The number of halogens is 3. The Kier molecular flexibility index (Phi) is 4.22. The lowest BCUT2D eigenvalue weighted by molar-refractivity contribution is 0.316. The van der Waals surface area contributed by atoms with Crippen molar-refractivity contribution < 1.29 is 4.39 Å². The third-order valence-electron chi connectivity index (χ3n) is 3.03. The Morgan fingerprint density at radius 3 is 2.94 bits per heavy atom. The lowest BCUT2D eigenvalue weighted by Gasteiger charge is -2.16. The molecule has 1 atom stereocenters. The Morgan fingerprint density at radius 2 is 2.31 bits per heavy atom. The normalized spacial score (nSPS) is 21.6. The van der Waals surface area contributed by atoms with Crippen molar-refractivity contribution in [1.29, 1.82) is 0 Å². The Hall–Kier alpha value is -0.120. The van der Waals surface area contributed by atoms with Gasteiger partial charge in [-0.1, -0.05) is 33.6 Å². The number of nitrogens with zero attached hydrogens (tertiary/aromatic N) is 1. The van der Waals surface area contributed by atoms with Crippen LogP contribution in [0, 0.1) is 11.7 Å². The van der Waals surface area contributed by atoms with Gasteiger partial charge in [-0.25, -0.2) is 4.39 Å². The molecule has 1 aromatic rings. The molecule has 0 aromatic heterocycles. The summed E-state index contributed by atoms with van der Waals surface area (Å²) in [5.41, 5.74) is 0.624. The zero-order valence-electron chi connectivity index (χ0n) is 8.93. The molecule has 1 unspecified atom stereocenters. The monoisotopic (exact) mass is 305 g/mol. The van der Waals surface area contributed by atoms with E-state index in [1.807, 2.05) is 0 Å². The van der Waals surface area contributed by atoms with E-state index < -0.39 is 0 Å². The standard InChI is InChI=1S/C12H14BrClFN/c13-6-9-4-5-16(7-9)8-10-11(14)2-1-3-12(10)15/h1-3,9H,4-8H2. The van der Waals surface area contributed by atoms with Crippen LogP contribution < -0.4 is 0 Å². The van der Waals surface area contributed by atoms with Crippen molar-refractivity contribution in [3.05, 3.63) is 34.6 Å². The van der Waals surface area contributed by atoms with Gasteiger partial charge in [0.1, 0.15) is 5.82 Å². The molecule has 1 aromatic carbocycles. The summed E-state index contributed by atoms with van der Waals surface area (Å²) < 4.78 is 13.6. The highest BCUT2D eigenvalue weighted by Gasteiger charge is 2.22. The van der Waals surface area contributed by atoms with Crippen molar-refractivity contribution in [2.24, 2.45) is 5.92 Å². The highest BCUT2D eigenvalue weighted by Crippen LogP contribution is 2.25. The number of hydrogen-bond acceptors (Lipinski definition) is 1. The second kappa shape index (κ2) is 5.48. The Labute approximate surface area is 109 Å². The molecule has 1 aliphatic rings. The molecule has 0 radical (unpaired) electrons. The molecular formula is C12H14BrClFN. The van der Waals surface area contributed by atoms with Gasteiger partial charge < -0.3 is 0 Å². The van der Waals surface area contributed by atoms with Crippen LogP contribution in [0.15, 0.2) is 18.2 Å². The van der Waals surface area contributed by atoms with Gasteiger partial charge in [0.25, 0.3) is 0 Å². The summed E-state index contributed by atoms with van der Waals surface area (Å²) in [6, 6.07) is 4.86. The van der Waals surface area contributed by atoms with Gasteiger partial charge in [0.15, 0.2) is 0 Å². The Bertz CT molecular complexity index is 352. The van der Waals surface area contributed by atoms with E-state index in [1.165, 1.54) is 12.5 Å². The van der Waals surface area contributed by atoms with Crippen LogP contribution in [-0.2, 0) is 6.54 Å². The average Bonchev–Trinajstić information content (AvgIpc) is 2.71. The first-order chi connectivity index (χ1) is 7.70. The van der Waals surface area contributed by atoms with Crippen LogP contribution in [0.4, 0.5) is 4.39 Å². The molecule has 1 fully saturated rings. The van der Waals surface area contributed by atoms with E-state index in [1.54, 1.807) is 12.1 Å². The minimum absolute atomic E-state index is 0.199. The predicted molar refractivity (Wildman–Crippen MR) is 68.6 cm³/mol. The van der Waals surface area contributed by atoms with Gasteiger partial charge in [0, 0.05) is 29.0 Å². The Balaban J connectivity index is 2.04. The van der Waals surface area contributed by atoms with E-state index >= 15 is 0 Å². The molecule has 0 amide bonds. The molecule has 0 bridgehead atoms. The summed E-state index contributed by atoms with van der Waals surface area (Å²) in [4.78, 5) is 2.26. The fraction of sp³-hybridized carbons (Fsp3) is 0.500. The minimum Gasteiger partial charge on any atom is -0.299 e. The smallest absolute Gasteiger partial charge is 0.129 e. The summed E-state index contributed by atoms with van der Waals surface area (Å²) in [6.45, 7) is 2.67. The number of benzene rings is 1. The maximum absolute atomic E-state index is 13.6. The zero-order valence-corrected chi connectivity index (χ0v) is 11.3. The maximum atomic E-state index is 13.6. The first kappa shape index (κ1) is 12.3. The zero-order chi connectivity index (χ0) is 11.5. The molecule has 16 heavy (non-hydrogen) atoms. The van der Waals surface area contributed by atoms with E-state index in [9.17, 15) is 4.39 Å². The van der Waals surface area contributed by atoms with Gasteiger partial charge in [-0.15, -0.1) is 0 Å². The largest absolute Gasteiger partial charge is 0.299 e. The van der Waals surface area contributed by atoms with Crippen molar-refractivity contribution in [2.45, 2.75) is 13.0 Å². The molecule has 0 N–H and O–H groups in total. The molecular weight excluding hydrogens is 292 g/mol. The first-order valence-corrected chi connectivity index (χ1v) is 6.92. The lowest BCUT2D eigenvalue weighted by Crippen LogP contribution is -2.21. The van der Waals surface area contributed by atoms with Gasteiger partial charge in [0.05, 0.1) is 0 Å². The second-order valence-electron chi connectivity index (χ2n) is 4.24. The fourth-order valence-electron chi connectivity index (χ4n) is 2.09. The molecule has 4 heteroatoms. The van der Waals surface area contributed by atoms with Crippen LogP contribution in [0.1, 0.15) is 12.0 Å². The average molecular weight is 307 g/mol. The third kappa shape index (κ3) is 2.76. The summed E-state index contributed by atoms with van der Waals surface area (Å²) in [6.07, 6.45) is 1.18. The molecule has 0 aliphatic carbocycles. The van der Waals surface area contributed by atoms with Crippen LogP contribution in [0.3, 0.4) is 0 Å². The number of likely N-dealkylation sites (tertiary alicyclic amines) is 1. The van der Waals surface area contributed by atoms with Gasteiger partial charge in [-0.3, -0.25) is 4.90 Å². The van der Waals surface area contributed by atoms with E-state index in [-0.39, 0.29) is 5.82 Å². The van der Waals surface area contributed by atoms with Crippen molar-refractivity contribution >= 4 is 27.5 Å². The van der Waals surface area contributed by atoms with Crippen LogP contribution in [0.2, 0.25) is 5.02 Å². The molecule has 2 rings (SSSR count). The number of alkyl halides is 1. The van der Waals surface area contributed by atoms with Gasteiger partial charge in [-0.05, 0) is 31.0 Å². The molecule has 0 saturated carbocycles. The van der Waals surface area contributed by atoms with Crippen LogP contribution >= 0.6 is 27.5 Å². The van der Waals surface area contributed by atoms with Crippen LogP contribution in [0.5, 0.6) is 0 Å². The van der Waals surface area contributed by atoms with Crippen molar-refractivity contribution in [2.75, 3.05) is 18.4 Å². The third-order valence-corrected chi connectivity index (χ3v) is 4.30. The van der Waals surface area contributed by atoms with Gasteiger partial charge in [0.2, 0.25) is 0 Å². The summed E-state index contributed by atoms with van der Waals surface area (Å²) in [5, 5.41) is 1.55. The minimum atomic E-state index is -0.199. The van der Waals surface area contributed by atoms with E-state index in [4.69, 9.17) is 11.6 Å². The van der Waals surface area contributed by atoms with Gasteiger partial charge >= 0.3 is 0 Å². The summed E-state index contributed by atoms with van der Waals surface area (Å²) >= 11 is 9.49. The van der Waals surface area contributed by atoms with Crippen LogP contribution in [-0.4, -0.2) is 23.3 Å². The van der Waals surface area contributed by atoms with E-state index in [0.29, 0.717) is 23.0 Å². The van der Waals surface area contributed by atoms with Gasteiger partial charge in [-0.2, -0.15) is 0 Å². The number of rotatable bonds is 3. The molecule has 1 aliphatic heterocycles. The second-order valence-corrected chi connectivity index (χ2v) is 5.30. The van der Waals surface area contributed by atoms with E-state index in [0.717, 1.165) is 18.4 Å². The molecule has 1 nitrogen and oxygen atoms in total. The maximum Gasteiger partial charge on any atom is 0.129 e. The van der Waals surface area contributed by atoms with Crippen molar-refractivity contribution in [1.82, 2.24) is 4.90 Å².